The molecule has 0 radical (unpaired) electrons. The average molecular weight is 246 g/mol. The van der Waals surface area contributed by atoms with Crippen molar-refractivity contribution in [1.29, 1.82) is 0 Å². The predicted octanol–water partition coefficient (Wildman–Crippen LogP) is 0.162. The van der Waals surface area contributed by atoms with Crippen LogP contribution in [0.3, 0.4) is 0 Å². The van der Waals surface area contributed by atoms with Crippen molar-refractivity contribution in [2.45, 2.75) is 0 Å². The maximum absolute atomic E-state index is 11.5. The molecule has 0 bridgehead atoms. The summed E-state index contributed by atoms with van der Waals surface area (Å²) in [6.07, 6.45) is 0. The second kappa shape index (κ2) is 5.26. The normalized spacial score (nSPS) is 10.1. The molecule has 18 heavy (non-hydrogen) atoms. The molecular formula is C11H14N6O. The fourth-order valence-electron chi connectivity index (χ4n) is 1.35. The maximum atomic E-state index is 11.5. The van der Waals surface area contributed by atoms with Gasteiger partial charge in [0.1, 0.15) is 0 Å². The highest BCUT2D eigenvalue weighted by molar-refractivity contribution is 5.79. The van der Waals surface area contributed by atoms with E-state index in [1.807, 2.05) is 30.3 Å². The summed E-state index contributed by atoms with van der Waals surface area (Å²) < 4.78 is 1.54. The number of carbonyl (C=O) groups is 1. The SMILES string of the molecule is CN(C)C(=O)CNc1nnnn1-c1ccccc1. The third-order valence-electron chi connectivity index (χ3n) is 2.37. The van der Waals surface area contributed by atoms with Crippen molar-refractivity contribution in [3.8, 4) is 5.69 Å². The lowest BCUT2D eigenvalue weighted by Gasteiger charge is -2.11. The molecule has 0 aliphatic carbocycles. The second-order valence-corrected chi connectivity index (χ2v) is 3.89. The van der Waals surface area contributed by atoms with E-state index in [2.05, 4.69) is 20.8 Å². The van der Waals surface area contributed by atoms with Crippen LogP contribution in [0.4, 0.5) is 5.95 Å². The fourth-order valence-corrected chi connectivity index (χ4v) is 1.35. The lowest BCUT2D eigenvalue weighted by molar-refractivity contribution is -0.126. The predicted molar refractivity (Wildman–Crippen MR) is 66.3 cm³/mol. The van der Waals surface area contributed by atoms with Crippen molar-refractivity contribution < 1.29 is 4.79 Å². The van der Waals surface area contributed by atoms with Gasteiger partial charge in [-0.25, -0.2) is 0 Å². The van der Waals surface area contributed by atoms with Gasteiger partial charge in [0.25, 0.3) is 0 Å². The first-order valence-corrected chi connectivity index (χ1v) is 5.46. The number of hydrogen-bond donors (Lipinski definition) is 1. The van der Waals surface area contributed by atoms with Crippen LogP contribution in [0.1, 0.15) is 0 Å². The number of rotatable bonds is 4. The molecule has 1 amide bonds. The van der Waals surface area contributed by atoms with E-state index >= 15 is 0 Å². The number of para-hydroxylation sites is 1. The summed E-state index contributed by atoms with van der Waals surface area (Å²) in [5.41, 5.74) is 0.835. The Kier molecular flexibility index (Phi) is 3.52. The van der Waals surface area contributed by atoms with Crippen LogP contribution in [0, 0.1) is 0 Å². The zero-order chi connectivity index (χ0) is 13.0. The second-order valence-electron chi connectivity index (χ2n) is 3.89. The Morgan fingerprint density at radius 1 is 1.33 bits per heavy atom. The van der Waals surface area contributed by atoms with Gasteiger partial charge >= 0.3 is 0 Å². The van der Waals surface area contributed by atoms with Gasteiger partial charge in [0.2, 0.25) is 11.9 Å². The summed E-state index contributed by atoms with van der Waals surface area (Å²) in [5, 5.41) is 14.2. The molecule has 1 aromatic carbocycles. The van der Waals surface area contributed by atoms with E-state index in [0.717, 1.165) is 5.69 Å². The van der Waals surface area contributed by atoms with E-state index in [1.54, 1.807) is 18.8 Å². The van der Waals surface area contributed by atoms with Crippen LogP contribution in [0.25, 0.3) is 5.69 Å². The number of benzene rings is 1. The minimum absolute atomic E-state index is 0.0439. The topological polar surface area (TPSA) is 75.9 Å². The van der Waals surface area contributed by atoms with Crippen molar-refractivity contribution in [2.75, 3.05) is 26.0 Å². The molecule has 7 nitrogen and oxygen atoms in total. The summed E-state index contributed by atoms with van der Waals surface area (Å²) in [6.45, 7) is 0.153. The molecule has 1 heterocycles. The summed E-state index contributed by atoms with van der Waals surface area (Å²) in [5.74, 6) is 0.397. The third-order valence-corrected chi connectivity index (χ3v) is 2.37. The lowest BCUT2D eigenvalue weighted by Crippen LogP contribution is -2.29. The molecule has 0 fully saturated rings. The quantitative estimate of drug-likeness (QED) is 0.831. The molecule has 7 heteroatoms. The number of hydrogen-bond acceptors (Lipinski definition) is 5. The van der Waals surface area contributed by atoms with Crippen LogP contribution >= 0.6 is 0 Å². The molecule has 1 aromatic heterocycles. The van der Waals surface area contributed by atoms with E-state index < -0.39 is 0 Å². The molecule has 2 aromatic rings. The minimum Gasteiger partial charge on any atom is -0.347 e. The van der Waals surface area contributed by atoms with Gasteiger partial charge in [0.15, 0.2) is 0 Å². The van der Waals surface area contributed by atoms with Gasteiger partial charge in [-0.15, -0.1) is 0 Å². The monoisotopic (exact) mass is 246 g/mol. The maximum Gasteiger partial charge on any atom is 0.248 e. The molecule has 0 aliphatic heterocycles. The molecule has 0 saturated carbocycles. The number of likely N-dealkylation sites (N-methyl/N-ethyl adjacent to an activating group) is 1. The highest BCUT2D eigenvalue weighted by Crippen LogP contribution is 2.09. The molecule has 0 unspecified atom stereocenters. The zero-order valence-corrected chi connectivity index (χ0v) is 10.2. The van der Waals surface area contributed by atoms with Crippen molar-refractivity contribution in [3.05, 3.63) is 30.3 Å². The van der Waals surface area contributed by atoms with Gasteiger partial charge in [-0.1, -0.05) is 23.3 Å². The molecule has 1 N–H and O–H groups in total. The Bertz CT molecular complexity index is 521. The van der Waals surface area contributed by atoms with Gasteiger partial charge in [0.05, 0.1) is 12.2 Å². The summed E-state index contributed by atoms with van der Waals surface area (Å²) in [6, 6.07) is 9.47. The Balaban J connectivity index is 2.12. The van der Waals surface area contributed by atoms with Gasteiger partial charge in [0, 0.05) is 14.1 Å². The van der Waals surface area contributed by atoms with Crippen LogP contribution in [-0.2, 0) is 4.79 Å². The summed E-state index contributed by atoms with van der Waals surface area (Å²) in [4.78, 5) is 13.0. The summed E-state index contributed by atoms with van der Waals surface area (Å²) in [7, 11) is 3.40. The third kappa shape index (κ3) is 2.62. The molecule has 0 atom stereocenters. The van der Waals surface area contributed by atoms with Crippen molar-refractivity contribution in [1.82, 2.24) is 25.1 Å². The molecular weight excluding hydrogens is 232 g/mol. The minimum atomic E-state index is -0.0439. The Morgan fingerprint density at radius 3 is 2.72 bits per heavy atom. The van der Waals surface area contributed by atoms with Crippen LogP contribution in [0.15, 0.2) is 30.3 Å². The van der Waals surface area contributed by atoms with Crippen LogP contribution < -0.4 is 5.32 Å². The first-order valence-electron chi connectivity index (χ1n) is 5.46. The van der Waals surface area contributed by atoms with Gasteiger partial charge < -0.3 is 10.2 Å². The largest absolute Gasteiger partial charge is 0.347 e. The first kappa shape index (κ1) is 12.0. The van der Waals surface area contributed by atoms with Crippen LogP contribution in [-0.4, -0.2) is 51.7 Å². The molecule has 0 saturated heterocycles. The molecule has 0 spiro atoms. The van der Waals surface area contributed by atoms with Gasteiger partial charge in [-0.05, 0) is 22.6 Å². The smallest absolute Gasteiger partial charge is 0.248 e. The van der Waals surface area contributed by atoms with Gasteiger partial charge in [-0.3, -0.25) is 4.79 Å². The highest BCUT2D eigenvalue weighted by Gasteiger charge is 2.10. The highest BCUT2D eigenvalue weighted by atomic mass is 16.2. The lowest BCUT2D eigenvalue weighted by atomic mass is 10.3. The molecule has 94 valence electrons. The zero-order valence-electron chi connectivity index (χ0n) is 10.2. The first-order chi connectivity index (χ1) is 8.68. The van der Waals surface area contributed by atoms with E-state index in [0.29, 0.717) is 5.95 Å². The van der Waals surface area contributed by atoms with Gasteiger partial charge in [-0.2, -0.15) is 4.68 Å². The number of nitrogens with zero attached hydrogens (tertiary/aromatic N) is 5. The van der Waals surface area contributed by atoms with E-state index in [4.69, 9.17) is 0 Å². The fraction of sp³-hybridized carbons (Fsp3) is 0.273. The Labute approximate surface area is 104 Å². The standard InChI is InChI=1S/C11H14N6O/c1-16(2)10(18)8-12-11-13-14-15-17(11)9-6-4-3-5-7-9/h3-7H,8H2,1-2H3,(H,12,13,15). The van der Waals surface area contributed by atoms with Crippen molar-refractivity contribution in [2.24, 2.45) is 0 Å². The van der Waals surface area contributed by atoms with Crippen LogP contribution in [0.5, 0.6) is 0 Å². The van der Waals surface area contributed by atoms with E-state index in [1.165, 1.54) is 4.90 Å². The number of carbonyl (C=O) groups excluding carboxylic acids is 1. The number of anilines is 1. The van der Waals surface area contributed by atoms with E-state index in [-0.39, 0.29) is 12.5 Å². The molecule has 0 aliphatic rings. The van der Waals surface area contributed by atoms with Crippen LogP contribution in [0.2, 0.25) is 0 Å². The summed E-state index contributed by atoms with van der Waals surface area (Å²) >= 11 is 0. The Hall–Kier alpha value is -2.44. The number of tetrazole rings is 1. The van der Waals surface area contributed by atoms with Crippen molar-refractivity contribution in [3.63, 3.8) is 0 Å². The van der Waals surface area contributed by atoms with Crippen molar-refractivity contribution >= 4 is 11.9 Å². The Morgan fingerprint density at radius 2 is 2.06 bits per heavy atom. The average Bonchev–Trinajstić information content (AvgIpc) is 2.85. The number of amides is 1. The number of nitrogens with one attached hydrogen (secondary N) is 1. The molecule has 2 rings (SSSR count). The van der Waals surface area contributed by atoms with E-state index in [9.17, 15) is 4.79 Å². The number of aromatic nitrogens is 4.